The topological polar surface area (TPSA) is 24.9 Å². The normalized spacial score (nSPS) is 18.4. The number of hydrogen-bond acceptors (Lipinski definition) is 3. The molecule has 0 spiro atoms. The van der Waals surface area contributed by atoms with Gasteiger partial charge in [0.25, 0.3) is 0 Å². The van der Waals surface area contributed by atoms with Crippen LogP contribution in [0.25, 0.3) is 0 Å². The molecule has 1 N–H and O–H groups in total. The van der Waals surface area contributed by atoms with Gasteiger partial charge < -0.3 is 5.32 Å². The average Bonchev–Trinajstić information content (AvgIpc) is 2.92. The summed E-state index contributed by atoms with van der Waals surface area (Å²) in [4.78, 5) is 4.35. The molecule has 0 bridgehead atoms. The fourth-order valence-corrected chi connectivity index (χ4v) is 2.45. The number of thiazole rings is 1. The van der Waals surface area contributed by atoms with E-state index in [1.807, 2.05) is 6.20 Å². The molecule has 78 valence electrons. The predicted molar refractivity (Wildman–Crippen MR) is 60.6 cm³/mol. The van der Waals surface area contributed by atoms with Crippen molar-refractivity contribution in [2.45, 2.75) is 38.6 Å². The van der Waals surface area contributed by atoms with Crippen LogP contribution in [0.15, 0.2) is 11.6 Å². The number of aromatic nitrogens is 1. The van der Waals surface area contributed by atoms with Crippen LogP contribution in [0.1, 0.15) is 31.2 Å². The van der Waals surface area contributed by atoms with Crippen LogP contribution in [0.4, 0.5) is 0 Å². The molecule has 0 radical (unpaired) electrons. The molecule has 1 heterocycles. The molecule has 1 aromatic rings. The highest BCUT2D eigenvalue weighted by Crippen LogP contribution is 2.34. The minimum Gasteiger partial charge on any atom is -0.313 e. The van der Waals surface area contributed by atoms with Gasteiger partial charge in [0.05, 0.1) is 5.01 Å². The smallest absolute Gasteiger partial charge is 0.0940 e. The lowest BCUT2D eigenvalue weighted by molar-refractivity contribution is 0.459. The van der Waals surface area contributed by atoms with Crippen LogP contribution in [0, 0.1) is 5.92 Å². The van der Waals surface area contributed by atoms with Gasteiger partial charge in [0.15, 0.2) is 0 Å². The molecule has 14 heavy (non-hydrogen) atoms. The summed E-state index contributed by atoms with van der Waals surface area (Å²) in [6, 6.07) is 0.682. The lowest BCUT2D eigenvalue weighted by atomic mass is 10.1. The van der Waals surface area contributed by atoms with Crippen LogP contribution in [-0.4, -0.2) is 17.6 Å². The molecular formula is C11H18N2S. The Morgan fingerprint density at radius 1 is 1.64 bits per heavy atom. The fourth-order valence-electron chi connectivity index (χ4n) is 1.78. The van der Waals surface area contributed by atoms with E-state index in [2.05, 4.69) is 22.6 Å². The molecule has 0 saturated heterocycles. The minimum absolute atomic E-state index is 0.682. The maximum absolute atomic E-state index is 4.35. The Morgan fingerprint density at radius 3 is 3.07 bits per heavy atom. The Kier molecular flexibility index (Phi) is 3.54. The van der Waals surface area contributed by atoms with Crippen LogP contribution in [0.5, 0.6) is 0 Å². The maximum atomic E-state index is 4.35. The molecule has 1 aliphatic carbocycles. The van der Waals surface area contributed by atoms with E-state index in [4.69, 9.17) is 0 Å². The fraction of sp³-hybridized carbons (Fsp3) is 0.727. The largest absolute Gasteiger partial charge is 0.313 e. The third-order valence-electron chi connectivity index (χ3n) is 2.73. The number of nitrogens with one attached hydrogen (secondary N) is 1. The summed E-state index contributed by atoms with van der Waals surface area (Å²) < 4.78 is 0. The van der Waals surface area contributed by atoms with Crippen molar-refractivity contribution in [3.05, 3.63) is 16.6 Å². The zero-order chi connectivity index (χ0) is 9.80. The van der Waals surface area contributed by atoms with Crippen molar-refractivity contribution in [1.29, 1.82) is 0 Å². The molecule has 0 aliphatic heterocycles. The van der Waals surface area contributed by atoms with E-state index in [9.17, 15) is 0 Å². The first-order valence-corrected chi connectivity index (χ1v) is 6.40. The molecule has 0 amide bonds. The van der Waals surface area contributed by atoms with E-state index in [-0.39, 0.29) is 0 Å². The summed E-state index contributed by atoms with van der Waals surface area (Å²) >= 11 is 1.78. The Bertz CT molecular complexity index is 254. The molecule has 1 fully saturated rings. The second-order valence-corrected chi connectivity index (χ2v) is 5.01. The van der Waals surface area contributed by atoms with Gasteiger partial charge in [-0.1, -0.05) is 6.92 Å². The first kappa shape index (κ1) is 10.1. The maximum Gasteiger partial charge on any atom is 0.0940 e. The molecule has 1 atom stereocenters. The van der Waals surface area contributed by atoms with Gasteiger partial charge in [-0.25, -0.2) is 4.98 Å². The monoisotopic (exact) mass is 210 g/mol. The van der Waals surface area contributed by atoms with Crippen LogP contribution < -0.4 is 5.32 Å². The van der Waals surface area contributed by atoms with E-state index in [1.54, 1.807) is 11.3 Å². The third-order valence-corrected chi connectivity index (χ3v) is 3.53. The molecule has 2 nitrogen and oxygen atoms in total. The molecular weight excluding hydrogens is 192 g/mol. The first-order valence-electron chi connectivity index (χ1n) is 5.52. The summed E-state index contributed by atoms with van der Waals surface area (Å²) in [5.74, 6) is 0.922. The number of nitrogens with zero attached hydrogens (tertiary/aromatic N) is 1. The van der Waals surface area contributed by atoms with Crippen molar-refractivity contribution in [2.75, 3.05) is 6.54 Å². The van der Waals surface area contributed by atoms with Crippen LogP contribution in [0.3, 0.4) is 0 Å². The molecule has 1 saturated carbocycles. The number of hydrogen-bond donors (Lipinski definition) is 1. The predicted octanol–water partition coefficient (Wildman–Crippen LogP) is 2.46. The van der Waals surface area contributed by atoms with Gasteiger partial charge in [0.1, 0.15) is 0 Å². The van der Waals surface area contributed by atoms with Gasteiger partial charge in [-0.2, -0.15) is 0 Å². The molecule has 3 heteroatoms. The van der Waals surface area contributed by atoms with Crippen LogP contribution in [-0.2, 0) is 6.42 Å². The lowest BCUT2D eigenvalue weighted by Crippen LogP contribution is -2.33. The van der Waals surface area contributed by atoms with Gasteiger partial charge in [-0.05, 0) is 31.7 Å². The van der Waals surface area contributed by atoms with E-state index in [1.165, 1.54) is 24.3 Å². The SMILES string of the molecule is CCCNC(Cc1nccs1)C1CC1. The van der Waals surface area contributed by atoms with Gasteiger partial charge >= 0.3 is 0 Å². The highest BCUT2D eigenvalue weighted by Gasteiger charge is 2.31. The van der Waals surface area contributed by atoms with Crippen molar-refractivity contribution in [3.63, 3.8) is 0 Å². The Hall–Kier alpha value is -0.410. The van der Waals surface area contributed by atoms with Crippen molar-refractivity contribution < 1.29 is 0 Å². The minimum atomic E-state index is 0.682. The summed E-state index contributed by atoms with van der Waals surface area (Å²) in [6.07, 6.45) is 7.08. The second kappa shape index (κ2) is 4.89. The van der Waals surface area contributed by atoms with Gasteiger partial charge in [0.2, 0.25) is 0 Å². The van der Waals surface area contributed by atoms with Gasteiger partial charge in [-0.15, -0.1) is 11.3 Å². The van der Waals surface area contributed by atoms with Crippen molar-refractivity contribution in [1.82, 2.24) is 10.3 Å². The standard InChI is InChI=1S/C11H18N2S/c1-2-5-12-10(9-3-4-9)8-11-13-6-7-14-11/h6-7,9-10,12H,2-5,8H2,1H3. The Labute approximate surface area is 89.8 Å². The van der Waals surface area contributed by atoms with Crippen LogP contribution >= 0.6 is 11.3 Å². The van der Waals surface area contributed by atoms with Gasteiger partial charge in [-0.3, -0.25) is 0 Å². The highest BCUT2D eigenvalue weighted by atomic mass is 32.1. The van der Waals surface area contributed by atoms with E-state index >= 15 is 0 Å². The Balaban J connectivity index is 1.84. The molecule has 1 aromatic heterocycles. The van der Waals surface area contributed by atoms with E-state index in [0.29, 0.717) is 6.04 Å². The highest BCUT2D eigenvalue weighted by molar-refractivity contribution is 7.09. The summed E-state index contributed by atoms with van der Waals surface area (Å²) in [7, 11) is 0. The molecule has 1 aliphatic rings. The summed E-state index contributed by atoms with van der Waals surface area (Å²) in [5, 5.41) is 6.99. The lowest BCUT2D eigenvalue weighted by Gasteiger charge is -2.16. The Morgan fingerprint density at radius 2 is 2.50 bits per heavy atom. The molecule has 2 rings (SSSR count). The second-order valence-electron chi connectivity index (χ2n) is 4.03. The zero-order valence-electron chi connectivity index (χ0n) is 8.70. The molecule has 0 aromatic carbocycles. The quantitative estimate of drug-likeness (QED) is 0.780. The van der Waals surface area contributed by atoms with E-state index < -0.39 is 0 Å². The van der Waals surface area contributed by atoms with Crippen LogP contribution in [0.2, 0.25) is 0 Å². The van der Waals surface area contributed by atoms with E-state index in [0.717, 1.165) is 18.9 Å². The zero-order valence-corrected chi connectivity index (χ0v) is 9.52. The summed E-state index contributed by atoms with van der Waals surface area (Å²) in [5.41, 5.74) is 0. The number of rotatable bonds is 6. The first-order chi connectivity index (χ1) is 6.90. The van der Waals surface area contributed by atoms with Gasteiger partial charge in [0, 0.05) is 24.0 Å². The average molecular weight is 210 g/mol. The molecule has 1 unspecified atom stereocenters. The third kappa shape index (κ3) is 2.79. The van der Waals surface area contributed by atoms with Crippen molar-refractivity contribution >= 4 is 11.3 Å². The van der Waals surface area contributed by atoms with Crippen molar-refractivity contribution in [3.8, 4) is 0 Å². The van der Waals surface area contributed by atoms with Crippen molar-refractivity contribution in [2.24, 2.45) is 5.92 Å². The summed E-state index contributed by atoms with van der Waals surface area (Å²) in [6.45, 7) is 3.37.